The smallest absolute Gasteiger partial charge is 0.420 e. The number of non-ortho nitro benzene ring substituents is 1. The van der Waals surface area contributed by atoms with E-state index < -0.39 is 38.1 Å². The molecule has 0 N–H and O–H groups in total. The van der Waals surface area contributed by atoms with E-state index >= 15 is 0 Å². The predicted molar refractivity (Wildman–Crippen MR) is 97.2 cm³/mol. The van der Waals surface area contributed by atoms with E-state index in [2.05, 4.69) is 0 Å². The van der Waals surface area contributed by atoms with Crippen LogP contribution >= 0.6 is 0 Å². The number of nitro benzene ring substituents is 1. The summed E-state index contributed by atoms with van der Waals surface area (Å²) in [4.78, 5) is 9.84. The van der Waals surface area contributed by atoms with Crippen molar-refractivity contribution in [2.24, 2.45) is 0 Å². The van der Waals surface area contributed by atoms with E-state index in [0.717, 1.165) is 31.4 Å². The quantitative estimate of drug-likeness (QED) is 0.512. The van der Waals surface area contributed by atoms with Gasteiger partial charge in [-0.15, -0.1) is 0 Å². The summed E-state index contributed by atoms with van der Waals surface area (Å²) in [6.07, 6.45) is -2.34. The minimum atomic E-state index is -4.86. The Balaban J connectivity index is 1.85. The third-order valence-electron chi connectivity index (χ3n) is 4.48. The normalized spacial score (nSPS) is 15.8. The molecular formula is C18H17F3N2O5S. The first-order valence-electron chi connectivity index (χ1n) is 8.73. The average Bonchev–Trinajstić information content (AvgIpc) is 2.68. The summed E-state index contributed by atoms with van der Waals surface area (Å²) in [7, 11) is -3.68. The van der Waals surface area contributed by atoms with E-state index in [1.165, 1.54) is 28.6 Å². The maximum atomic E-state index is 13.2. The lowest BCUT2D eigenvalue weighted by molar-refractivity contribution is -0.385. The van der Waals surface area contributed by atoms with Gasteiger partial charge in [0.15, 0.2) is 0 Å². The molecule has 29 heavy (non-hydrogen) atoms. The van der Waals surface area contributed by atoms with Gasteiger partial charge in [0.25, 0.3) is 5.69 Å². The van der Waals surface area contributed by atoms with Crippen molar-refractivity contribution in [1.29, 1.82) is 0 Å². The highest BCUT2D eigenvalue weighted by Crippen LogP contribution is 2.40. The molecule has 1 aliphatic heterocycles. The van der Waals surface area contributed by atoms with Crippen LogP contribution in [0.15, 0.2) is 47.4 Å². The van der Waals surface area contributed by atoms with Crippen molar-refractivity contribution >= 4 is 15.7 Å². The molecule has 0 aromatic heterocycles. The molecule has 0 amide bonds. The van der Waals surface area contributed by atoms with E-state index in [4.69, 9.17) is 4.74 Å². The number of alkyl halides is 3. The van der Waals surface area contributed by atoms with Gasteiger partial charge in [-0.3, -0.25) is 10.1 Å². The standard InChI is InChI=1S/C18H17F3N2O5S/c19-18(20,21)16-12-13(23(24)25)4-9-17(16)28-14-5-7-15(8-6-14)29(26,27)22-10-2-1-3-11-22/h4-9,12H,1-3,10-11H2. The second kappa shape index (κ2) is 7.99. The summed E-state index contributed by atoms with van der Waals surface area (Å²) in [5.74, 6) is -0.642. The Morgan fingerprint density at radius 3 is 2.17 bits per heavy atom. The van der Waals surface area contributed by atoms with Crippen molar-refractivity contribution in [3.63, 3.8) is 0 Å². The predicted octanol–water partition coefficient (Wildman–Crippen LogP) is 4.58. The minimum Gasteiger partial charge on any atom is -0.457 e. The van der Waals surface area contributed by atoms with Gasteiger partial charge < -0.3 is 4.74 Å². The molecule has 2 aromatic rings. The summed E-state index contributed by atoms with van der Waals surface area (Å²) < 4.78 is 71.5. The number of benzene rings is 2. The lowest BCUT2D eigenvalue weighted by Crippen LogP contribution is -2.35. The number of piperidine rings is 1. The molecule has 0 aliphatic carbocycles. The number of hydrogen-bond donors (Lipinski definition) is 0. The molecule has 11 heteroatoms. The molecule has 7 nitrogen and oxygen atoms in total. The number of ether oxygens (including phenoxy) is 1. The fourth-order valence-corrected chi connectivity index (χ4v) is 4.52. The highest BCUT2D eigenvalue weighted by molar-refractivity contribution is 7.89. The number of sulfonamides is 1. The molecule has 0 saturated carbocycles. The Morgan fingerprint density at radius 1 is 1.00 bits per heavy atom. The van der Waals surface area contributed by atoms with Crippen molar-refractivity contribution in [3.05, 3.63) is 58.1 Å². The van der Waals surface area contributed by atoms with Gasteiger partial charge in [-0.2, -0.15) is 17.5 Å². The lowest BCUT2D eigenvalue weighted by Gasteiger charge is -2.25. The Kier molecular flexibility index (Phi) is 5.80. The van der Waals surface area contributed by atoms with E-state index in [9.17, 15) is 31.7 Å². The molecule has 0 unspecified atom stereocenters. The fourth-order valence-electron chi connectivity index (χ4n) is 3.00. The lowest BCUT2D eigenvalue weighted by atomic mass is 10.1. The highest BCUT2D eigenvalue weighted by atomic mass is 32.2. The number of rotatable bonds is 5. The van der Waals surface area contributed by atoms with Crippen LogP contribution in [0.5, 0.6) is 11.5 Å². The minimum absolute atomic E-state index is 0.0199. The van der Waals surface area contributed by atoms with Crippen LogP contribution in [-0.2, 0) is 16.2 Å². The van der Waals surface area contributed by atoms with E-state index in [-0.39, 0.29) is 10.6 Å². The van der Waals surface area contributed by atoms with Gasteiger partial charge in [0, 0.05) is 25.2 Å². The zero-order chi connectivity index (χ0) is 21.2. The Bertz CT molecular complexity index is 1000. The molecule has 2 aromatic carbocycles. The molecule has 1 saturated heterocycles. The highest BCUT2D eigenvalue weighted by Gasteiger charge is 2.36. The van der Waals surface area contributed by atoms with Crippen molar-refractivity contribution in [1.82, 2.24) is 4.31 Å². The molecule has 1 aliphatic rings. The Hall–Kier alpha value is -2.66. The van der Waals surface area contributed by atoms with Crippen LogP contribution in [-0.4, -0.2) is 30.7 Å². The number of nitro groups is 1. The van der Waals surface area contributed by atoms with Crippen LogP contribution in [0.4, 0.5) is 18.9 Å². The maximum absolute atomic E-state index is 13.2. The monoisotopic (exact) mass is 430 g/mol. The van der Waals surface area contributed by atoms with E-state index in [1.807, 2.05) is 0 Å². The van der Waals surface area contributed by atoms with Gasteiger partial charge in [-0.05, 0) is 43.2 Å². The fraction of sp³-hybridized carbons (Fsp3) is 0.333. The molecule has 1 heterocycles. The molecular weight excluding hydrogens is 413 g/mol. The van der Waals surface area contributed by atoms with Crippen LogP contribution < -0.4 is 4.74 Å². The Labute approximate surface area is 164 Å². The van der Waals surface area contributed by atoms with Crippen molar-refractivity contribution < 1.29 is 31.2 Å². The van der Waals surface area contributed by atoms with Crippen molar-refractivity contribution in [3.8, 4) is 11.5 Å². The van der Waals surface area contributed by atoms with Crippen LogP contribution in [0.3, 0.4) is 0 Å². The van der Waals surface area contributed by atoms with Gasteiger partial charge in [0.1, 0.15) is 17.1 Å². The average molecular weight is 430 g/mol. The zero-order valence-corrected chi connectivity index (χ0v) is 15.9. The first-order chi connectivity index (χ1) is 13.6. The molecule has 0 radical (unpaired) electrons. The van der Waals surface area contributed by atoms with E-state index in [1.54, 1.807) is 0 Å². The number of halogens is 3. The molecule has 0 bridgehead atoms. The zero-order valence-electron chi connectivity index (χ0n) is 15.1. The summed E-state index contributed by atoms with van der Waals surface area (Å²) in [6, 6.07) is 7.18. The topological polar surface area (TPSA) is 89.7 Å². The van der Waals surface area contributed by atoms with Crippen LogP contribution in [0.2, 0.25) is 0 Å². The van der Waals surface area contributed by atoms with Crippen LogP contribution in [0.25, 0.3) is 0 Å². The summed E-state index contributed by atoms with van der Waals surface area (Å²) in [5, 5.41) is 10.7. The summed E-state index contributed by atoms with van der Waals surface area (Å²) in [5.41, 5.74) is -2.01. The summed E-state index contributed by atoms with van der Waals surface area (Å²) >= 11 is 0. The largest absolute Gasteiger partial charge is 0.457 e. The molecule has 0 atom stereocenters. The van der Waals surface area contributed by atoms with Crippen LogP contribution in [0.1, 0.15) is 24.8 Å². The second-order valence-corrected chi connectivity index (χ2v) is 8.41. The molecule has 1 fully saturated rings. The Morgan fingerprint density at radius 2 is 1.62 bits per heavy atom. The molecule has 156 valence electrons. The number of hydrogen-bond acceptors (Lipinski definition) is 5. The van der Waals surface area contributed by atoms with Crippen LogP contribution in [0, 0.1) is 10.1 Å². The van der Waals surface area contributed by atoms with Crippen molar-refractivity contribution in [2.75, 3.05) is 13.1 Å². The first kappa shape index (κ1) is 21.1. The maximum Gasteiger partial charge on any atom is 0.420 e. The molecule has 3 rings (SSSR count). The van der Waals surface area contributed by atoms with Gasteiger partial charge in [-0.25, -0.2) is 8.42 Å². The molecule has 0 spiro atoms. The van der Waals surface area contributed by atoms with Gasteiger partial charge in [-0.1, -0.05) is 6.42 Å². The third-order valence-corrected chi connectivity index (χ3v) is 6.40. The number of nitrogens with zero attached hydrogens (tertiary/aromatic N) is 2. The third kappa shape index (κ3) is 4.67. The first-order valence-corrected chi connectivity index (χ1v) is 10.2. The van der Waals surface area contributed by atoms with Gasteiger partial charge >= 0.3 is 6.18 Å². The van der Waals surface area contributed by atoms with Crippen molar-refractivity contribution in [2.45, 2.75) is 30.3 Å². The SMILES string of the molecule is O=[N+]([O-])c1ccc(Oc2ccc(S(=O)(=O)N3CCCCC3)cc2)c(C(F)(F)F)c1. The summed E-state index contributed by atoms with van der Waals surface area (Å²) in [6.45, 7) is 0.858. The van der Waals surface area contributed by atoms with E-state index in [0.29, 0.717) is 19.2 Å². The van der Waals surface area contributed by atoms with Gasteiger partial charge in [0.05, 0.1) is 9.82 Å². The second-order valence-electron chi connectivity index (χ2n) is 6.47. The van der Waals surface area contributed by atoms with Gasteiger partial charge in [0.2, 0.25) is 10.0 Å².